The molecular formula is C15H23ClFNO. The minimum atomic E-state index is -0.258. The maximum atomic E-state index is 13.8. The van der Waals surface area contributed by atoms with Gasteiger partial charge in [0.2, 0.25) is 0 Å². The third-order valence-electron chi connectivity index (χ3n) is 3.24. The standard InChI is InChI=1S/C15H23ClFNO/c1-5-19-15(10(2)3)14(18-4)8-11-6-7-12(16)9-13(11)17/h6-7,9-10,14-15,18H,5,8H2,1-4H3. The van der Waals surface area contributed by atoms with Crippen LogP contribution in [0.15, 0.2) is 18.2 Å². The Morgan fingerprint density at radius 3 is 2.53 bits per heavy atom. The highest BCUT2D eigenvalue weighted by molar-refractivity contribution is 6.30. The molecule has 2 unspecified atom stereocenters. The van der Waals surface area contributed by atoms with Gasteiger partial charge in [0.25, 0.3) is 0 Å². The van der Waals surface area contributed by atoms with E-state index in [9.17, 15) is 4.39 Å². The highest BCUT2D eigenvalue weighted by Gasteiger charge is 2.24. The molecule has 0 heterocycles. The van der Waals surface area contributed by atoms with E-state index in [0.717, 1.165) is 0 Å². The highest BCUT2D eigenvalue weighted by Crippen LogP contribution is 2.20. The number of hydrogen-bond acceptors (Lipinski definition) is 2. The van der Waals surface area contributed by atoms with Crippen molar-refractivity contribution in [3.63, 3.8) is 0 Å². The number of nitrogens with one attached hydrogen (secondary N) is 1. The molecule has 19 heavy (non-hydrogen) atoms. The smallest absolute Gasteiger partial charge is 0.127 e. The highest BCUT2D eigenvalue weighted by atomic mass is 35.5. The van der Waals surface area contributed by atoms with Crippen LogP contribution in [0.4, 0.5) is 4.39 Å². The van der Waals surface area contributed by atoms with Crippen molar-refractivity contribution in [3.8, 4) is 0 Å². The van der Waals surface area contributed by atoms with Crippen LogP contribution in [0.2, 0.25) is 5.02 Å². The molecule has 0 radical (unpaired) electrons. The van der Waals surface area contributed by atoms with E-state index in [-0.39, 0.29) is 18.0 Å². The lowest BCUT2D eigenvalue weighted by Crippen LogP contribution is -2.44. The van der Waals surface area contributed by atoms with E-state index in [0.29, 0.717) is 29.5 Å². The number of hydrogen-bond donors (Lipinski definition) is 1. The molecule has 0 aliphatic heterocycles. The van der Waals surface area contributed by atoms with Crippen LogP contribution in [0, 0.1) is 11.7 Å². The zero-order valence-corrected chi connectivity index (χ0v) is 12.8. The Morgan fingerprint density at radius 1 is 1.37 bits per heavy atom. The van der Waals surface area contributed by atoms with Crippen LogP contribution in [0.5, 0.6) is 0 Å². The van der Waals surface area contributed by atoms with E-state index in [4.69, 9.17) is 16.3 Å². The third kappa shape index (κ3) is 4.75. The molecule has 1 rings (SSSR count). The first-order chi connectivity index (χ1) is 8.99. The summed E-state index contributed by atoms with van der Waals surface area (Å²) in [5, 5.41) is 3.66. The quantitative estimate of drug-likeness (QED) is 0.826. The predicted octanol–water partition coefficient (Wildman–Crippen LogP) is 3.67. The molecule has 108 valence electrons. The summed E-state index contributed by atoms with van der Waals surface area (Å²) in [5.74, 6) is 0.111. The summed E-state index contributed by atoms with van der Waals surface area (Å²) < 4.78 is 19.6. The second kappa shape index (κ2) is 7.83. The molecule has 0 amide bonds. The Bertz CT molecular complexity index is 398. The van der Waals surface area contributed by atoms with E-state index in [1.807, 2.05) is 14.0 Å². The van der Waals surface area contributed by atoms with Crippen molar-refractivity contribution in [2.45, 2.75) is 39.3 Å². The zero-order chi connectivity index (χ0) is 14.4. The van der Waals surface area contributed by atoms with Crippen LogP contribution >= 0.6 is 11.6 Å². The monoisotopic (exact) mass is 287 g/mol. The summed E-state index contributed by atoms with van der Waals surface area (Å²) in [4.78, 5) is 0. The Morgan fingerprint density at radius 2 is 2.05 bits per heavy atom. The van der Waals surface area contributed by atoms with Crippen LogP contribution in [0.1, 0.15) is 26.3 Å². The molecule has 2 nitrogen and oxygen atoms in total. The first-order valence-electron chi connectivity index (χ1n) is 6.72. The minimum absolute atomic E-state index is 0.0603. The lowest BCUT2D eigenvalue weighted by molar-refractivity contribution is 0.00519. The lowest BCUT2D eigenvalue weighted by Gasteiger charge is -2.30. The Balaban J connectivity index is 2.85. The van der Waals surface area contributed by atoms with Crippen molar-refractivity contribution < 1.29 is 9.13 Å². The van der Waals surface area contributed by atoms with Crippen molar-refractivity contribution in [2.24, 2.45) is 5.92 Å². The van der Waals surface area contributed by atoms with Gasteiger partial charge in [-0.25, -0.2) is 4.39 Å². The largest absolute Gasteiger partial charge is 0.377 e. The van der Waals surface area contributed by atoms with Crippen molar-refractivity contribution >= 4 is 11.6 Å². The maximum absolute atomic E-state index is 13.8. The molecule has 0 spiro atoms. The Hall–Kier alpha value is -0.640. The van der Waals surface area contributed by atoms with Crippen molar-refractivity contribution in [1.29, 1.82) is 0 Å². The van der Waals surface area contributed by atoms with Gasteiger partial charge >= 0.3 is 0 Å². The molecule has 0 saturated carbocycles. The van der Waals surface area contributed by atoms with Crippen molar-refractivity contribution in [2.75, 3.05) is 13.7 Å². The summed E-state index contributed by atoms with van der Waals surface area (Å²) in [6.07, 6.45) is 0.646. The van der Waals surface area contributed by atoms with Gasteiger partial charge in [-0.2, -0.15) is 0 Å². The molecule has 0 aliphatic rings. The summed E-state index contributed by atoms with van der Waals surface area (Å²) in [6.45, 7) is 6.86. The molecule has 1 aromatic carbocycles. The van der Waals surface area contributed by atoms with Crippen molar-refractivity contribution in [3.05, 3.63) is 34.6 Å². The molecule has 1 aromatic rings. The van der Waals surface area contributed by atoms with Crippen LogP contribution in [0.3, 0.4) is 0 Å². The fraction of sp³-hybridized carbons (Fsp3) is 0.600. The minimum Gasteiger partial charge on any atom is -0.377 e. The second-order valence-corrected chi connectivity index (χ2v) is 5.44. The number of rotatable bonds is 7. The summed E-state index contributed by atoms with van der Waals surface area (Å²) in [7, 11) is 1.88. The molecule has 1 N–H and O–H groups in total. The van der Waals surface area contributed by atoms with Crippen LogP contribution < -0.4 is 5.32 Å². The molecule has 4 heteroatoms. The normalized spacial score (nSPS) is 14.7. The molecule has 0 fully saturated rings. The zero-order valence-electron chi connectivity index (χ0n) is 12.0. The van der Waals surface area contributed by atoms with Gasteiger partial charge in [0, 0.05) is 17.7 Å². The van der Waals surface area contributed by atoms with E-state index in [1.54, 1.807) is 12.1 Å². The Labute approximate surface area is 120 Å². The summed E-state index contributed by atoms with van der Waals surface area (Å²) >= 11 is 5.77. The van der Waals surface area contributed by atoms with Crippen molar-refractivity contribution in [1.82, 2.24) is 5.32 Å². The SMILES string of the molecule is CCOC(C(C)C)C(Cc1ccc(Cl)cc1F)NC. The van der Waals surface area contributed by atoms with Gasteiger partial charge in [0.15, 0.2) is 0 Å². The molecule has 2 atom stereocenters. The van der Waals surface area contributed by atoms with Crippen LogP contribution in [-0.2, 0) is 11.2 Å². The average Bonchev–Trinajstić information content (AvgIpc) is 2.35. The fourth-order valence-electron chi connectivity index (χ4n) is 2.27. The molecule has 0 bridgehead atoms. The van der Waals surface area contributed by atoms with Gasteiger partial charge in [-0.1, -0.05) is 31.5 Å². The Kier molecular flexibility index (Phi) is 6.76. The molecule has 0 aliphatic carbocycles. The van der Waals surface area contributed by atoms with Gasteiger partial charge < -0.3 is 10.1 Å². The molecular weight excluding hydrogens is 265 g/mol. The first-order valence-corrected chi connectivity index (χ1v) is 7.10. The average molecular weight is 288 g/mol. The van der Waals surface area contributed by atoms with Gasteiger partial charge in [-0.05, 0) is 44.0 Å². The third-order valence-corrected chi connectivity index (χ3v) is 3.47. The van der Waals surface area contributed by atoms with E-state index in [1.165, 1.54) is 6.07 Å². The topological polar surface area (TPSA) is 21.3 Å². The van der Waals surface area contributed by atoms with E-state index >= 15 is 0 Å². The predicted molar refractivity (Wildman–Crippen MR) is 78.2 cm³/mol. The van der Waals surface area contributed by atoms with Gasteiger partial charge in [0.05, 0.1) is 6.10 Å². The second-order valence-electron chi connectivity index (χ2n) is 5.00. The van der Waals surface area contributed by atoms with Crippen LogP contribution in [-0.4, -0.2) is 25.8 Å². The summed E-state index contributed by atoms with van der Waals surface area (Å²) in [5.41, 5.74) is 0.661. The number of benzene rings is 1. The van der Waals surface area contributed by atoms with Gasteiger partial charge in [-0.3, -0.25) is 0 Å². The van der Waals surface area contributed by atoms with E-state index in [2.05, 4.69) is 19.2 Å². The lowest BCUT2D eigenvalue weighted by atomic mass is 9.93. The van der Waals surface area contributed by atoms with Gasteiger partial charge in [0.1, 0.15) is 5.82 Å². The van der Waals surface area contributed by atoms with Gasteiger partial charge in [-0.15, -0.1) is 0 Å². The first kappa shape index (κ1) is 16.4. The fourth-order valence-corrected chi connectivity index (χ4v) is 2.43. The van der Waals surface area contributed by atoms with Crippen LogP contribution in [0.25, 0.3) is 0 Å². The number of halogens is 2. The summed E-state index contributed by atoms with van der Waals surface area (Å²) in [6, 6.07) is 4.90. The maximum Gasteiger partial charge on any atom is 0.127 e. The van der Waals surface area contributed by atoms with E-state index < -0.39 is 0 Å². The molecule has 0 saturated heterocycles. The molecule has 0 aromatic heterocycles. The number of likely N-dealkylation sites (N-methyl/N-ethyl adjacent to an activating group) is 1. The number of ether oxygens (including phenoxy) is 1.